The summed E-state index contributed by atoms with van der Waals surface area (Å²) in [6.45, 7) is 5.13. The van der Waals surface area contributed by atoms with E-state index >= 15 is 0 Å². The smallest absolute Gasteiger partial charge is 0.166 e. The van der Waals surface area contributed by atoms with Crippen molar-refractivity contribution in [1.29, 1.82) is 0 Å². The van der Waals surface area contributed by atoms with Crippen molar-refractivity contribution in [3.63, 3.8) is 0 Å². The molecule has 0 fully saturated rings. The van der Waals surface area contributed by atoms with Gasteiger partial charge in [-0.3, -0.25) is 4.68 Å². The van der Waals surface area contributed by atoms with E-state index in [1.807, 2.05) is 19.1 Å². The molecule has 0 amide bonds. The summed E-state index contributed by atoms with van der Waals surface area (Å²) in [6.07, 6.45) is 3.48. The van der Waals surface area contributed by atoms with E-state index in [1.54, 1.807) is 11.8 Å². The summed E-state index contributed by atoms with van der Waals surface area (Å²) in [4.78, 5) is 8.50. The number of aromatic nitrogens is 4. The number of aromatic amines is 1. The van der Waals surface area contributed by atoms with E-state index in [2.05, 4.69) is 86.1 Å². The van der Waals surface area contributed by atoms with Gasteiger partial charge in [0.1, 0.15) is 0 Å². The SMILES string of the molecule is Cc1nn(CCCCCSc2nc(-c3ccccc3)c(-c3ccccc3)[nH]2)c(C)c1Br. The molecule has 6 heteroatoms. The number of rotatable bonds is 9. The maximum atomic E-state index is 4.93. The van der Waals surface area contributed by atoms with Crippen LogP contribution in [0.2, 0.25) is 0 Å². The summed E-state index contributed by atoms with van der Waals surface area (Å²) < 4.78 is 3.24. The van der Waals surface area contributed by atoms with Crippen molar-refractivity contribution in [2.45, 2.75) is 44.8 Å². The fourth-order valence-electron chi connectivity index (χ4n) is 3.64. The third-order valence-corrected chi connectivity index (χ3v) is 7.45. The Balaban J connectivity index is 1.35. The highest BCUT2D eigenvalue weighted by atomic mass is 79.9. The van der Waals surface area contributed by atoms with E-state index in [-0.39, 0.29) is 0 Å². The number of aryl methyl sites for hydroxylation is 2. The lowest BCUT2D eigenvalue weighted by molar-refractivity contribution is 0.540. The Kier molecular flexibility index (Phi) is 7.30. The van der Waals surface area contributed by atoms with Gasteiger partial charge in [0, 0.05) is 29.1 Å². The number of nitrogens with zero attached hydrogens (tertiary/aromatic N) is 3. The summed E-state index contributed by atoms with van der Waals surface area (Å²) in [6, 6.07) is 20.8. The summed E-state index contributed by atoms with van der Waals surface area (Å²) in [5.41, 5.74) is 6.68. The average Bonchev–Trinajstić information content (AvgIpc) is 3.34. The van der Waals surface area contributed by atoms with Crippen molar-refractivity contribution in [1.82, 2.24) is 19.7 Å². The number of unbranched alkanes of at least 4 members (excludes halogenated alkanes) is 2. The number of hydrogen-bond donors (Lipinski definition) is 1. The maximum Gasteiger partial charge on any atom is 0.166 e. The summed E-state index contributed by atoms with van der Waals surface area (Å²) in [7, 11) is 0. The van der Waals surface area contributed by atoms with Crippen LogP contribution in [-0.2, 0) is 6.54 Å². The van der Waals surface area contributed by atoms with Crippen LogP contribution in [0.25, 0.3) is 22.5 Å². The molecule has 0 aliphatic rings. The second kappa shape index (κ2) is 10.3. The second-order valence-corrected chi connectivity index (χ2v) is 9.49. The zero-order valence-corrected chi connectivity index (χ0v) is 20.3. The molecule has 0 atom stereocenters. The van der Waals surface area contributed by atoms with Gasteiger partial charge in [-0.1, -0.05) is 78.8 Å². The first-order valence-corrected chi connectivity index (χ1v) is 12.4. The molecule has 160 valence electrons. The van der Waals surface area contributed by atoms with Crippen molar-refractivity contribution < 1.29 is 0 Å². The molecule has 0 saturated heterocycles. The van der Waals surface area contributed by atoms with E-state index in [1.165, 1.54) is 12.1 Å². The minimum atomic E-state index is 0.972. The lowest BCUT2D eigenvalue weighted by Crippen LogP contribution is -2.02. The van der Waals surface area contributed by atoms with E-state index < -0.39 is 0 Å². The van der Waals surface area contributed by atoms with Crippen LogP contribution in [0.4, 0.5) is 0 Å². The average molecular weight is 495 g/mol. The standard InChI is InChI=1S/C25H27BrN4S/c1-18-22(26)19(2)30(29-18)16-10-5-11-17-31-25-27-23(20-12-6-3-7-13-20)24(28-25)21-14-8-4-9-15-21/h3-4,6-9,12-15H,5,10-11,16-17H2,1-2H3,(H,27,28). The van der Waals surface area contributed by atoms with Gasteiger partial charge in [-0.25, -0.2) is 4.98 Å². The number of imidazole rings is 1. The van der Waals surface area contributed by atoms with Gasteiger partial charge >= 0.3 is 0 Å². The molecular formula is C25H27BrN4S. The Morgan fingerprint density at radius 1 is 0.903 bits per heavy atom. The first kappa shape index (κ1) is 21.9. The molecule has 0 aliphatic carbocycles. The van der Waals surface area contributed by atoms with E-state index in [4.69, 9.17) is 4.98 Å². The molecule has 0 unspecified atom stereocenters. The van der Waals surface area contributed by atoms with Gasteiger partial charge in [0.05, 0.1) is 21.6 Å². The molecule has 4 nitrogen and oxygen atoms in total. The zero-order valence-electron chi connectivity index (χ0n) is 17.9. The molecule has 0 radical (unpaired) electrons. The van der Waals surface area contributed by atoms with Crippen LogP contribution in [0.3, 0.4) is 0 Å². The van der Waals surface area contributed by atoms with Crippen molar-refractivity contribution >= 4 is 27.7 Å². The van der Waals surface area contributed by atoms with Crippen molar-refractivity contribution in [3.8, 4) is 22.5 Å². The number of benzene rings is 2. The maximum absolute atomic E-state index is 4.93. The van der Waals surface area contributed by atoms with Crippen LogP contribution in [0, 0.1) is 13.8 Å². The Hall–Kier alpha value is -2.31. The normalized spacial score (nSPS) is 11.2. The lowest BCUT2D eigenvalue weighted by atomic mass is 10.1. The third kappa shape index (κ3) is 5.31. The van der Waals surface area contributed by atoms with Gasteiger partial charge in [0.25, 0.3) is 0 Å². The van der Waals surface area contributed by atoms with Crippen molar-refractivity contribution in [3.05, 3.63) is 76.5 Å². The highest BCUT2D eigenvalue weighted by Crippen LogP contribution is 2.32. The Morgan fingerprint density at radius 2 is 1.58 bits per heavy atom. The third-order valence-electron chi connectivity index (χ3n) is 5.34. The fourth-order valence-corrected chi connectivity index (χ4v) is 4.80. The zero-order chi connectivity index (χ0) is 21.6. The number of halogens is 1. The second-order valence-electron chi connectivity index (χ2n) is 7.61. The highest BCUT2D eigenvalue weighted by Gasteiger charge is 2.14. The van der Waals surface area contributed by atoms with Crippen molar-refractivity contribution in [2.75, 3.05) is 5.75 Å². The number of hydrogen-bond acceptors (Lipinski definition) is 3. The molecular weight excluding hydrogens is 468 g/mol. The van der Waals surface area contributed by atoms with Crippen molar-refractivity contribution in [2.24, 2.45) is 0 Å². The minimum absolute atomic E-state index is 0.972. The number of nitrogens with one attached hydrogen (secondary N) is 1. The van der Waals surface area contributed by atoms with Crippen LogP contribution >= 0.6 is 27.7 Å². The van der Waals surface area contributed by atoms with E-state index in [0.29, 0.717) is 0 Å². The molecule has 0 saturated carbocycles. The molecule has 0 aliphatic heterocycles. The molecule has 2 heterocycles. The van der Waals surface area contributed by atoms with Gasteiger partial charge in [-0.05, 0) is 42.6 Å². The monoisotopic (exact) mass is 494 g/mol. The highest BCUT2D eigenvalue weighted by molar-refractivity contribution is 9.10. The molecule has 0 bridgehead atoms. The Labute approximate surface area is 196 Å². The van der Waals surface area contributed by atoms with Crippen LogP contribution in [0.5, 0.6) is 0 Å². The summed E-state index contributed by atoms with van der Waals surface area (Å²) >= 11 is 5.41. The molecule has 4 aromatic rings. The number of H-pyrrole nitrogens is 1. The molecule has 2 aromatic carbocycles. The van der Waals surface area contributed by atoms with Gasteiger partial charge in [0.15, 0.2) is 5.16 Å². The quantitative estimate of drug-likeness (QED) is 0.196. The lowest BCUT2D eigenvalue weighted by Gasteiger charge is -2.04. The molecule has 31 heavy (non-hydrogen) atoms. The predicted molar refractivity (Wildman–Crippen MR) is 133 cm³/mol. The summed E-state index contributed by atoms with van der Waals surface area (Å²) in [5.74, 6) is 1.05. The fraction of sp³-hybridized carbons (Fsp3) is 0.280. The topological polar surface area (TPSA) is 46.5 Å². The van der Waals surface area contributed by atoms with E-state index in [0.717, 1.165) is 63.0 Å². The number of thioether (sulfide) groups is 1. The van der Waals surface area contributed by atoms with Crippen LogP contribution in [0.15, 0.2) is 70.3 Å². The van der Waals surface area contributed by atoms with Crippen LogP contribution < -0.4 is 0 Å². The van der Waals surface area contributed by atoms with Gasteiger partial charge in [-0.15, -0.1) is 0 Å². The predicted octanol–water partition coefficient (Wildman–Crippen LogP) is 7.28. The largest absolute Gasteiger partial charge is 0.332 e. The summed E-state index contributed by atoms with van der Waals surface area (Å²) in [5, 5.41) is 5.58. The van der Waals surface area contributed by atoms with Gasteiger partial charge in [0.2, 0.25) is 0 Å². The van der Waals surface area contributed by atoms with E-state index in [9.17, 15) is 0 Å². The Bertz CT molecular complexity index is 1060. The van der Waals surface area contributed by atoms with Gasteiger partial charge < -0.3 is 4.98 Å². The Morgan fingerprint density at radius 3 is 2.23 bits per heavy atom. The molecule has 4 rings (SSSR count). The molecule has 1 N–H and O–H groups in total. The van der Waals surface area contributed by atoms with Crippen LogP contribution in [-0.4, -0.2) is 25.5 Å². The minimum Gasteiger partial charge on any atom is -0.332 e. The first-order valence-electron chi connectivity index (χ1n) is 10.7. The van der Waals surface area contributed by atoms with Crippen LogP contribution in [0.1, 0.15) is 30.7 Å². The molecule has 2 aromatic heterocycles. The first-order chi connectivity index (χ1) is 15.1. The molecule has 0 spiro atoms. The van der Waals surface area contributed by atoms with Gasteiger partial charge in [-0.2, -0.15) is 5.10 Å².